The molecule has 1 N–H and O–H groups in total. The predicted octanol–water partition coefficient (Wildman–Crippen LogP) is 3.11. The molecule has 84 valence electrons. The summed E-state index contributed by atoms with van der Waals surface area (Å²) in [6.07, 6.45) is 1.92. The van der Waals surface area contributed by atoms with E-state index < -0.39 is 0 Å². The number of benzene rings is 2. The second-order valence-corrected chi connectivity index (χ2v) is 3.93. The Morgan fingerprint density at radius 3 is 2.82 bits per heavy atom. The number of fused-ring (bicyclic) bond motifs is 3. The molecule has 3 aromatic rings. The van der Waals surface area contributed by atoms with Crippen LogP contribution in [0.4, 0.5) is 0 Å². The van der Waals surface area contributed by atoms with Crippen LogP contribution in [0.5, 0.6) is 0 Å². The van der Waals surface area contributed by atoms with Crippen LogP contribution in [-0.4, -0.2) is 18.1 Å². The third-order valence-electron chi connectivity index (χ3n) is 2.97. The van der Waals surface area contributed by atoms with Crippen LogP contribution in [0.15, 0.2) is 42.6 Å². The van der Waals surface area contributed by atoms with Crippen LogP contribution in [0.25, 0.3) is 21.7 Å². The molecule has 0 aliphatic rings. The minimum Gasteiger partial charge on any atom is -0.465 e. The van der Waals surface area contributed by atoms with E-state index in [9.17, 15) is 4.79 Å². The summed E-state index contributed by atoms with van der Waals surface area (Å²) in [4.78, 5) is 14.6. The van der Waals surface area contributed by atoms with Crippen LogP contribution in [0.3, 0.4) is 0 Å². The topological polar surface area (TPSA) is 42.1 Å². The number of carbonyl (C=O) groups is 1. The first-order valence-corrected chi connectivity index (χ1v) is 5.38. The summed E-state index contributed by atoms with van der Waals surface area (Å²) in [6.45, 7) is 0. The van der Waals surface area contributed by atoms with Crippen molar-refractivity contribution in [2.24, 2.45) is 0 Å². The molecule has 0 fully saturated rings. The third-order valence-corrected chi connectivity index (χ3v) is 2.97. The first-order chi connectivity index (χ1) is 8.29. The molecule has 1 heterocycles. The molecule has 0 radical (unpaired) electrons. The average molecular weight is 225 g/mol. The standard InChI is InChI=1S/C14H11NO2/c1-17-14(16)10-2-4-11-9(8-10)3-5-13-12(11)6-7-15-13/h2-8,15H,1H3. The van der Waals surface area contributed by atoms with E-state index in [0.29, 0.717) is 5.56 Å². The summed E-state index contributed by atoms with van der Waals surface area (Å²) in [5.74, 6) is -0.305. The van der Waals surface area contributed by atoms with E-state index in [-0.39, 0.29) is 5.97 Å². The van der Waals surface area contributed by atoms with Crippen LogP contribution in [0.1, 0.15) is 10.4 Å². The van der Waals surface area contributed by atoms with Crippen molar-refractivity contribution in [1.29, 1.82) is 0 Å². The number of esters is 1. The minimum absolute atomic E-state index is 0.305. The zero-order chi connectivity index (χ0) is 11.8. The number of aromatic amines is 1. The number of ether oxygens (including phenoxy) is 1. The molecule has 2 aromatic carbocycles. The van der Waals surface area contributed by atoms with Crippen molar-refractivity contribution in [3.05, 3.63) is 48.2 Å². The molecule has 0 aliphatic heterocycles. The maximum absolute atomic E-state index is 11.4. The quantitative estimate of drug-likeness (QED) is 0.646. The van der Waals surface area contributed by atoms with E-state index in [4.69, 9.17) is 4.74 Å². The SMILES string of the molecule is COC(=O)c1ccc2c(ccc3[nH]ccc32)c1. The molecule has 0 saturated heterocycles. The number of nitrogens with one attached hydrogen (secondary N) is 1. The Labute approximate surface area is 98.0 Å². The lowest BCUT2D eigenvalue weighted by molar-refractivity contribution is 0.0601. The molecular formula is C14H11NO2. The molecule has 3 rings (SSSR count). The predicted molar refractivity (Wildman–Crippen MR) is 67.1 cm³/mol. The van der Waals surface area contributed by atoms with E-state index in [1.54, 1.807) is 6.07 Å². The largest absolute Gasteiger partial charge is 0.465 e. The normalized spacial score (nSPS) is 10.9. The fourth-order valence-corrected chi connectivity index (χ4v) is 2.12. The van der Waals surface area contributed by atoms with Crippen LogP contribution in [-0.2, 0) is 4.74 Å². The van der Waals surface area contributed by atoms with E-state index in [1.165, 1.54) is 12.5 Å². The molecular weight excluding hydrogens is 214 g/mol. The van der Waals surface area contributed by atoms with Gasteiger partial charge in [0.05, 0.1) is 12.7 Å². The highest BCUT2D eigenvalue weighted by Crippen LogP contribution is 2.25. The molecule has 3 nitrogen and oxygen atoms in total. The molecule has 0 amide bonds. The van der Waals surface area contributed by atoms with Crippen molar-refractivity contribution in [1.82, 2.24) is 4.98 Å². The maximum Gasteiger partial charge on any atom is 0.337 e. The average Bonchev–Trinajstić information content (AvgIpc) is 2.85. The lowest BCUT2D eigenvalue weighted by Gasteiger charge is -2.03. The molecule has 0 saturated carbocycles. The first-order valence-electron chi connectivity index (χ1n) is 5.38. The summed E-state index contributed by atoms with van der Waals surface area (Å²) in [5.41, 5.74) is 1.68. The van der Waals surface area contributed by atoms with Crippen LogP contribution < -0.4 is 0 Å². The Morgan fingerprint density at radius 1 is 1.12 bits per heavy atom. The van der Waals surface area contributed by atoms with Gasteiger partial charge < -0.3 is 9.72 Å². The zero-order valence-corrected chi connectivity index (χ0v) is 9.36. The highest BCUT2D eigenvalue weighted by atomic mass is 16.5. The van der Waals surface area contributed by atoms with Crippen molar-refractivity contribution >= 4 is 27.6 Å². The van der Waals surface area contributed by atoms with Crippen LogP contribution in [0, 0.1) is 0 Å². The molecule has 1 aromatic heterocycles. The third kappa shape index (κ3) is 1.47. The number of H-pyrrole nitrogens is 1. The van der Waals surface area contributed by atoms with Gasteiger partial charge in [-0.05, 0) is 35.0 Å². The summed E-state index contributed by atoms with van der Waals surface area (Å²) in [7, 11) is 1.39. The van der Waals surface area contributed by atoms with Gasteiger partial charge in [0.15, 0.2) is 0 Å². The summed E-state index contributed by atoms with van der Waals surface area (Å²) >= 11 is 0. The lowest BCUT2D eigenvalue weighted by Crippen LogP contribution is -2.00. The molecule has 17 heavy (non-hydrogen) atoms. The van der Waals surface area contributed by atoms with Gasteiger partial charge >= 0.3 is 5.97 Å². The van der Waals surface area contributed by atoms with Gasteiger partial charge in [0.2, 0.25) is 0 Å². The van der Waals surface area contributed by atoms with Crippen molar-refractivity contribution in [2.45, 2.75) is 0 Å². The Kier molecular flexibility index (Phi) is 2.11. The first kappa shape index (κ1) is 9.90. The van der Waals surface area contributed by atoms with Gasteiger partial charge in [-0.1, -0.05) is 12.1 Å². The van der Waals surface area contributed by atoms with Crippen molar-refractivity contribution in [3.8, 4) is 0 Å². The second-order valence-electron chi connectivity index (χ2n) is 3.93. The van der Waals surface area contributed by atoms with E-state index in [1.807, 2.05) is 36.5 Å². The Morgan fingerprint density at radius 2 is 2.00 bits per heavy atom. The Balaban J connectivity index is 2.30. The summed E-state index contributed by atoms with van der Waals surface area (Å²) < 4.78 is 4.71. The van der Waals surface area contributed by atoms with Gasteiger partial charge in [-0.2, -0.15) is 0 Å². The molecule has 3 heteroatoms. The smallest absolute Gasteiger partial charge is 0.337 e. The fourth-order valence-electron chi connectivity index (χ4n) is 2.12. The number of carbonyl (C=O) groups excluding carboxylic acids is 1. The van der Waals surface area contributed by atoms with Gasteiger partial charge in [0, 0.05) is 17.1 Å². The fraction of sp³-hybridized carbons (Fsp3) is 0.0714. The van der Waals surface area contributed by atoms with Gasteiger partial charge in [-0.3, -0.25) is 0 Å². The number of methoxy groups -OCH3 is 1. The van der Waals surface area contributed by atoms with E-state index in [2.05, 4.69) is 4.98 Å². The summed E-state index contributed by atoms with van der Waals surface area (Å²) in [6, 6.07) is 11.7. The Bertz CT molecular complexity index is 712. The van der Waals surface area contributed by atoms with Crippen LogP contribution in [0.2, 0.25) is 0 Å². The Hall–Kier alpha value is -2.29. The molecule has 0 unspecified atom stereocenters. The minimum atomic E-state index is -0.305. The van der Waals surface area contributed by atoms with E-state index in [0.717, 1.165) is 16.3 Å². The second kappa shape index (κ2) is 3.63. The van der Waals surface area contributed by atoms with Crippen molar-refractivity contribution in [3.63, 3.8) is 0 Å². The maximum atomic E-state index is 11.4. The number of hydrogen-bond acceptors (Lipinski definition) is 2. The number of aromatic nitrogens is 1. The molecule has 0 aliphatic carbocycles. The van der Waals surface area contributed by atoms with Crippen LogP contribution >= 0.6 is 0 Å². The zero-order valence-electron chi connectivity index (χ0n) is 9.36. The van der Waals surface area contributed by atoms with Crippen molar-refractivity contribution in [2.75, 3.05) is 7.11 Å². The monoisotopic (exact) mass is 225 g/mol. The number of hydrogen-bond donors (Lipinski definition) is 1. The lowest BCUT2D eigenvalue weighted by atomic mass is 10.0. The molecule has 0 spiro atoms. The van der Waals surface area contributed by atoms with Gasteiger partial charge in [0.25, 0.3) is 0 Å². The van der Waals surface area contributed by atoms with Gasteiger partial charge in [-0.25, -0.2) is 4.79 Å². The van der Waals surface area contributed by atoms with E-state index >= 15 is 0 Å². The molecule has 0 atom stereocenters. The van der Waals surface area contributed by atoms with Gasteiger partial charge in [0.1, 0.15) is 0 Å². The summed E-state index contributed by atoms with van der Waals surface area (Å²) in [5, 5.41) is 3.34. The number of rotatable bonds is 1. The van der Waals surface area contributed by atoms with Gasteiger partial charge in [-0.15, -0.1) is 0 Å². The van der Waals surface area contributed by atoms with Crippen molar-refractivity contribution < 1.29 is 9.53 Å². The highest BCUT2D eigenvalue weighted by molar-refractivity contribution is 6.08. The molecule has 0 bridgehead atoms. The highest BCUT2D eigenvalue weighted by Gasteiger charge is 2.07.